The molecule has 0 aromatic heterocycles. The molecule has 1 fully saturated rings. The van der Waals surface area contributed by atoms with E-state index in [2.05, 4.69) is 27.9 Å². The molecule has 0 saturated carbocycles. The van der Waals surface area contributed by atoms with Crippen LogP contribution < -0.4 is 5.32 Å². The lowest BCUT2D eigenvalue weighted by atomic mass is 9.85. The maximum Gasteiger partial charge on any atom is 0.244 e. The molecule has 0 radical (unpaired) electrons. The predicted octanol–water partition coefficient (Wildman–Crippen LogP) is 2.18. The average molecular weight is 410 g/mol. The predicted molar refractivity (Wildman–Crippen MR) is 89.9 cm³/mol. The van der Waals surface area contributed by atoms with Crippen molar-refractivity contribution in [1.82, 2.24) is 4.90 Å². The van der Waals surface area contributed by atoms with E-state index in [0.717, 1.165) is 8.47 Å². The number of hydrogen-bond donors (Lipinski definition) is 1. The first kappa shape index (κ1) is 15.2. The van der Waals surface area contributed by atoms with E-state index in [0.29, 0.717) is 18.5 Å². The fourth-order valence-electron chi connectivity index (χ4n) is 2.94. The molecule has 1 aromatic rings. The fourth-order valence-corrected chi connectivity index (χ4v) is 3.48. The number of fused-ring (bicyclic) bond motifs is 1. The van der Waals surface area contributed by atoms with Gasteiger partial charge >= 0.3 is 0 Å². The number of carbonyl (C=O) groups is 3. The van der Waals surface area contributed by atoms with Gasteiger partial charge in [0.2, 0.25) is 17.7 Å². The number of imide groups is 1. The molecule has 0 spiro atoms. The molecule has 3 rings (SSSR count). The van der Waals surface area contributed by atoms with E-state index < -0.39 is 0 Å². The van der Waals surface area contributed by atoms with Crippen molar-refractivity contribution in [3.8, 4) is 0 Å². The highest BCUT2D eigenvalue weighted by Crippen LogP contribution is 2.34. The zero-order valence-electron chi connectivity index (χ0n) is 11.8. The van der Waals surface area contributed by atoms with E-state index >= 15 is 0 Å². The average Bonchev–Trinajstić information content (AvgIpc) is 2.73. The summed E-state index contributed by atoms with van der Waals surface area (Å²) < 4.78 is 1.00. The van der Waals surface area contributed by atoms with Crippen LogP contribution in [0.4, 0.5) is 5.69 Å². The number of nitrogens with one attached hydrogen (secondary N) is 1. The molecule has 3 amide bonds. The van der Waals surface area contributed by atoms with Crippen molar-refractivity contribution in [2.75, 3.05) is 11.9 Å². The van der Waals surface area contributed by atoms with Gasteiger partial charge in [-0.3, -0.25) is 19.3 Å². The van der Waals surface area contributed by atoms with Crippen molar-refractivity contribution in [1.29, 1.82) is 0 Å². The van der Waals surface area contributed by atoms with E-state index in [1.54, 1.807) is 6.07 Å². The normalized spacial score (nSPS) is 23.6. The Hall–Kier alpha value is -1.70. The molecular weight excluding hydrogens is 395 g/mol. The van der Waals surface area contributed by atoms with Crippen LogP contribution >= 0.6 is 22.6 Å². The van der Waals surface area contributed by atoms with Gasteiger partial charge in [0, 0.05) is 9.26 Å². The molecule has 1 aliphatic heterocycles. The minimum Gasteiger partial charge on any atom is -0.324 e. The first-order valence-corrected chi connectivity index (χ1v) is 8.20. The Morgan fingerprint density at radius 3 is 2.41 bits per heavy atom. The Balaban J connectivity index is 1.67. The SMILES string of the molecule is O=C(CN1C(=O)C2CC=CCC2C1=O)Nc1cccc(I)c1. The summed E-state index contributed by atoms with van der Waals surface area (Å²) in [5, 5.41) is 2.73. The number of hydrogen-bond acceptors (Lipinski definition) is 3. The molecular formula is C16H15IN2O3. The molecule has 1 aliphatic carbocycles. The summed E-state index contributed by atoms with van der Waals surface area (Å²) in [4.78, 5) is 37.8. The second-order valence-corrected chi connectivity index (χ2v) is 6.72. The van der Waals surface area contributed by atoms with Gasteiger partial charge in [-0.2, -0.15) is 0 Å². The maximum absolute atomic E-state index is 12.3. The third-order valence-electron chi connectivity index (χ3n) is 4.01. The number of nitrogens with zero attached hydrogens (tertiary/aromatic N) is 1. The summed E-state index contributed by atoms with van der Waals surface area (Å²) in [6.07, 6.45) is 5.04. The monoisotopic (exact) mass is 410 g/mol. The van der Waals surface area contributed by atoms with Gasteiger partial charge in [-0.1, -0.05) is 18.2 Å². The van der Waals surface area contributed by atoms with Crippen LogP contribution in [-0.4, -0.2) is 29.2 Å². The van der Waals surface area contributed by atoms with Crippen LogP contribution in [0, 0.1) is 15.4 Å². The summed E-state index contributed by atoms with van der Waals surface area (Å²) in [5.41, 5.74) is 0.662. The lowest BCUT2D eigenvalue weighted by molar-refractivity contribution is -0.142. The molecule has 1 N–H and O–H groups in total. The number of anilines is 1. The quantitative estimate of drug-likeness (QED) is 0.472. The standard InChI is InChI=1S/C16H15IN2O3/c17-10-4-3-5-11(8-10)18-14(20)9-19-15(21)12-6-1-2-7-13(12)16(19)22/h1-5,8,12-13H,6-7,9H2,(H,18,20). The third-order valence-corrected chi connectivity index (χ3v) is 4.68. The molecule has 114 valence electrons. The Morgan fingerprint density at radius 2 is 1.82 bits per heavy atom. The van der Waals surface area contributed by atoms with Crippen LogP contribution in [0.25, 0.3) is 0 Å². The fraction of sp³-hybridized carbons (Fsp3) is 0.312. The Morgan fingerprint density at radius 1 is 1.18 bits per heavy atom. The summed E-state index contributed by atoms with van der Waals surface area (Å²) in [5.74, 6) is -1.38. The van der Waals surface area contributed by atoms with Crippen LogP contribution in [0.1, 0.15) is 12.8 Å². The Kier molecular flexibility index (Phi) is 4.28. The lowest BCUT2D eigenvalue weighted by Crippen LogP contribution is -2.38. The first-order valence-electron chi connectivity index (χ1n) is 7.12. The Labute approximate surface area is 141 Å². The number of benzene rings is 1. The molecule has 0 bridgehead atoms. The second kappa shape index (κ2) is 6.20. The van der Waals surface area contributed by atoms with Crippen LogP contribution in [-0.2, 0) is 14.4 Å². The van der Waals surface area contributed by atoms with E-state index in [1.165, 1.54) is 0 Å². The highest BCUT2D eigenvalue weighted by Gasteiger charge is 2.47. The number of halogens is 1. The van der Waals surface area contributed by atoms with Crippen molar-refractivity contribution in [3.63, 3.8) is 0 Å². The smallest absolute Gasteiger partial charge is 0.244 e. The van der Waals surface area contributed by atoms with E-state index in [-0.39, 0.29) is 36.1 Å². The van der Waals surface area contributed by atoms with Gasteiger partial charge in [0.25, 0.3) is 0 Å². The van der Waals surface area contributed by atoms with Crippen molar-refractivity contribution >= 4 is 46.0 Å². The zero-order valence-corrected chi connectivity index (χ0v) is 13.9. The van der Waals surface area contributed by atoms with Gasteiger partial charge in [-0.15, -0.1) is 0 Å². The molecule has 1 heterocycles. The van der Waals surface area contributed by atoms with Gasteiger partial charge < -0.3 is 5.32 Å². The number of amides is 3. The van der Waals surface area contributed by atoms with Gasteiger partial charge in [0.05, 0.1) is 11.8 Å². The molecule has 2 aliphatic rings. The summed E-state index contributed by atoms with van der Waals surface area (Å²) in [6, 6.07) is 7.36. The van der Waals surface area contributed by atoms with Crippen LogP contribution in [0.5, 0.6) is 0 Å². The number of rotatable bonds is 3. The van der Waals surface area contributed by atoms with Gasteiger partial charge in [-0.05, 0) is 53.6 Å². The van der Waals surface area contributed by atoms with Gasteiger partial charge in [-0.25, -0.2) is 0 Å². The largest absolute Gasteiger partial charge is 0.324 e. The number of likely N-dealkylation sites (tertiary alicyclic amines) is 1. The van der Waals surface area contributed by atoms with Crippen LogP contribution in [0.15, 0.2) is 36.4 Å². The Bertz CT molecular complexity index is 645. The topological polar surface area (TPSA) is 66.5 Å². The van der Waals surface area contributed by atoms with Crippen molar-refractivity contribution in [2.24, 2.45) is 11.8 Å². The second-order valence-electron chi connectivity index (χ2n) is 5.48. The first-order chi connectivity index (χ1) is 10.6. The molecule has 5 nitrogen and oxygen atoms in total. The lowest BCUT2D eigenvalue weighted by Gasteiger charge is -2.14. The molecule has 1 saturated heterocycles. The highest BCUT2D eigenvalue weighted by molar-refractivity contribution is 14.1. The summed E-state index contributed by atoms with van der Waals surface area (Å²) >= 11 is 2.15. The van der Waals surface area contributed by atoms with Gasteiger partial charge in [0.15, 0.2) is 0 Å². The maximum atomic E-state index is 12.3. The minimum absolute atomic E-state index is 0.212. The minimum atomic E-state index is -0.352. The summed E-state index contributed by atoms with van der Waals surface area (Å²) in [7, 11) is 0. The van der Waals surface area contributed by atoms with Crippen molar-refractivity contribution in [2.45, 2.75) is 12.8 Å². The number of allylic oxidation sites excluding steroid dienone is 2. The highest BCUT2D eigenvalue weighted by atomic mass is 127. The molecule has 22 heavy (non-hydrogen) atoms. The zero-order chi connectivity index (χ0) is 15.7. The van der Waals surface area contributed by atoms with Crippen LogP contribution in [0.3, 0.4) is 0 Å². The van der Waals surface area contributed by atoms with E-state index in [1.807, 2.05) is 30.4 Å². The van der Waals surface area contributed by atoms with Crippen LogP contribution in [0.2, 0.25) is 0 Å². The molecule has 2 atom stereocenters. The van der Waals surface area contributed by atoms with E-state index in [9.17, 15) is 14.4 Å². The van der Waals surface area contributed by atoms with E-state index in [4.69, 9.17) is 0 Å². The van der Waals surface area contributed by atoms with Crippen molar-refractivity contribution in [3.05, 3.63) is 40.0 Å². The third kappa shape index (κ3) is 2.92. The molecule has 1 aromatic carbocycles. The molecule has 6 heteroatoms. The van der Waals surface area contributed by atoms with Gasteiger partial charge in [0.1, 0.15) is 6.54 Å². The van der Waals surface area contributed by atoms with Crippen molar-refractivity contribution < 1.29 is 14.4 Å². The number of carbonyl (C=O) groups excluding carboxylic acids is 3. The summed E-state index contributed by atoms with van der Waals surface area (Å²) in [6.45, 7) is -0.212. The molecule has 2 unspecified atom stereocenters.